The fourth-order valence-corrected chi connectivity index (χ4v) is 5.20. The molecule has 1 aliphatic rings. The van der Waals surface area contributed by atoms with Crippen LogP contribution in [-0.2, 0) is 10.0 Å². The highest BCUT2D eigenvalue weighted by Crippen LogP contribution is 2.30. The van der Waals surface area contributed by atoms with Gasteiger partial charge in [-0.25, -0.2) is 13.1 Å². The normalized spacial score (nSPS) is 16.8. The minimum absolute atomic E-state index is 0.0333. The fourth-order valence-electron chi connectivity index (χ4n) is 3.86. The van der Waals surface area contributed by atoms with Gasteiger partial charge >= 0.3 is 0 Å². The summed E-state index contributed by atoms with van der Waals surface area (Å²) in [6, 6.07) is 17.5. The summed E-state index contributed by atoms with van der Waals surface area (Å²) in [5.74, 6) is 0.625. The van der Waals surface area contributed by atoms with Crippen molar-refractivity contribution < 1.29 is 17.6 Å². The molecular weight excluding hydrogens is 448 g/mol. The molecule has 0 saturated carbocycles. The zero-order valence-corrected chi connectivity index (χ0v) is 19.3. The average Bonchev–Trinajstić information content (AvgIpc) is 3.28. The summed E-state index contributed by atoms with van der Waals surface area (Å²) in [6.45, 7) is 3.27. The Morgan fingerprint density at radius 1 is 1.12 bits per heavy atom. The minimum Gasteiger partial charge on any atom is -0.451 e. The number of rotatable bonds is 6. The lowest BCUT2D eigenvalue weighted by atomic mass is 9.98. The first kappa shape index (κ1) is 22.6. The van der Waals surface area contributed by atoms with Crippen molar-refractivity contribution in [1.29, 1.82) is 0 Å². The number of likely N-dealkylation sites (tertiary alicyclic amines) is 1. The Morgan fingerprint density at radius 2 is 1.88 bits per heavy atom. The maximum Gasteiger partial charge on any atom is 0.289 e. The van der Waals surface area contributed by atoms with Gasteiger partial charge in [0, 0.05) is 25.2 Å². The molecule has 1 saturated heterocycles. The molecule has 1 N–H and O–H groups in total. The van der Waals surface area contributed by atoms with Crippen molar-refractivity contribution >= 4 is 27.5 Å². The number of nitrogens with zero attached hydrogens (tertiary/aromatic N) is 1. The molecule has 1 fully saturated rings. The van der Waals surface area contributed by atoms with Gasteiger partial charge in [0.2, 0.25) is 10.0 Å². The number of carbonyl (C=O) groups excluding carboxylic acids is 1. The second-order valence-corrected chi connectivity index (χ2v) is 10.2. The number of hydrogen-bond acceptors (Lipinski definition) is 4. The Kier molecular flexibility index (Phi) is 6.69. The van der Waals surface area contributed by atoms with Gasteiger partial charge in [-0.05, 0) is 62.1 Å². The largest absolute Gasteiger partial charge is 0.451 e. The Labute approximate surface area is 193 Å². The van der Waals surface area contributed by atoms with Crippen molar-refractivity contribution in [2.24, 2.45) is 5.92 Å². The van der Waals surface area contributed by atoms with E-state index in [0.29, 0.717) is 23.9 Å². The van der Waals surface area contributed by atoms with Gasteiger partial charge < -0.3 is 9.32 Å². The third-order valence-electron chi connectivity index (χ3n) is 5.66. The lowest BCUT2D eigenvalue weighted by molar-refractivity contribution is 0.0645. The number of amides is 1. The Balaban J connectivity index is 1.39. The van der Waals surface area contributed by atoms with Gasteiger partial charge in [0.25, 0.3) is 5.91 Å². The van der Waals surface area contributed by atoms with E-state index in [1.54, 1.807) is 47.4 Å². The van der Waals surface area contributed by atoms with Crippen molar-refractivity contribution in [3.05, 3.63) is 77.0 Å². The summed E-state index contributed by atoms with van der Waals surface area (Å²) in [5.41, 5.74) is 1.73. The lowest BCUT2D eigenvalue weighted by Gasteiger charge is -2.32. The van der Waals surface area contributed by atoms with Crippen molar-refractivity contribution in [1.82, 2.24) is 9.62 Å². The average molecular weight is 473 g/mol. The predicted octanol–water partition coefficient (Wildman–Crippen LogP) is 4.74. The SMILES string of the molecule is Cc1ccc(S(=O)(=O)NCC2CCCN(C(=O)c3ccc(-c4ccccc4Cl)o3)C2)cc1. The number of furan rings is 1. The van der Waals surface area contributed by atoms with Gasteiger partial charge in [0.1, 0.15) is 5.76 Å². The Bertz CT molecular complexity index is 1200. The van der Waals surface area contributed by atoms with E-state index < -0.39 is 10.0 Å². The molecule has 1 unspecified atom stereocenters. The third kappa shape index (κ3) is 5.06. The van der Waals surface area contributed by atoms with Gasteiger partial charge in [0.05, 0.1) is 9.92 Å². The van der Waals surface area contributed by atoms with Gasteiger partial charge in [-0.3, -0.25) is 4.79 Å². The molecule has 1 aliphatic heterocycles. The van der Waals surface area contributed by atoms with Crippen molar-refractivity contribution in [2.45, 2.75) is 24.7 Å². The number of halogens is 1. The first-order chi connectivity index (χ1) is 15.3. The number of carbonyl (C=O) groups is 1. The van der Waals surface area contributed by atoms with E-state index in [9.17, 15) is 13.2 Å². The topological polar surface area (TPSA) is 79.6 Å². The van der Waals surface area contributed by atoms with Gasteiger partial charge in [-0.15, -0.1) is 0 Å². The second-order valence-electron chi connectivity index (χ2n) is 8.07. The molecule has 3 aromatic rings. The summed E-state index contributed by atoms with van der Waals surface area (Å²) >= 11 is 6.23. The maximum atomic E-state index is 13.0. The molecule has 6 nitrogen and oxygen atoms in total. The summed E-state index contributed by atoms with van der Waals surface area (Å²) in [4.78, 5) is 15.0. The highest BCUT2D eigenvalue weighted by molar-refractivity contribution is 7.89. The predicted molar refractivity (Wildman–Crippen MR) is 124 cm³/mol. The van der Waals surface area contributed by atoms with E-state index in [1.165, 1.54) is 0 Å². The van der Waals surface area contributed by atoms with Gasteiger partial charge in [-0.1, -0.05) is 41.4 Å². The van der Waals surface area contributed by atoms with Crippen LogP contribution < -0.4 is 4.72 Å². The minimum atomic E-state index is -3.58. The zero-order chi connectivity index (χ0) is 22.7. The van der Waals surface area contributed by atoms with E-state index in [0.717, 1.165) is 24.0 Å². The van der Waals surface area contributed by atoms with Crippen LogP contribution in [0.4, 0.5) is 0 Å². The molecule has 8 heteroatoms. The summed E-state index contributed by atoms with van der Waals surface area (Å²) in [7, 11) is -3.58. The van der Waals surface area contributed by atoms with E-state index in [-0.39, 0.29) is 29.0 Å². The summed E-state index contributed by atoms with van der Waals surface area (Å²) < 4.78 is 33.6. The summed E-state index contributed by atoms with van der Waals surface area (Å²) in [5, 5.41) is 0.555. The van der Waals surface area contributed by atoms with Crippen molar-refractivity contribution in [2.75, 3.05) is 19.6 Å². The standard InChI is InChI=1S/C24H25ClN2O4S/c1-17-8-10-19(11-9-17)32(29,30)26-15-18-5-4-14-27(16-18)24(28)23-13-12-22(31-23)20-6-2-3-7-21(20)25/h2-3,6-13,18,26H,4-5,14-16H2,1H3. The molecule has 0 radical (unpaired) electrons. The Morgan fingerprint density at radius 3 is 2.62 bits per heavy atom. The number of piperidine rings is 1. The van der Waals surface area contributed by atoms with E-state index in [2.05, 4.69) is 4.72 Å². The number of hydrogen-bond donors (Lipinski definition) is 1. The highest BCUT2D eigenvalue weighted by atomic mass is 35.5. The molecule has 2 heterocycles. The number of sulfonamides is 1. The maximum absolute atomic E-state index is 13.0. The fraction of sp³-hybridized carbons (Fsp3) is 0.292. The molecule has 0 aliphatic carbocycles. The Hall–Kier alpha value is -2.61. The van der Waals surface area contributed by atoms with Crippen LogP contribution in [0.1, 0.15) is 29.0 Å². The quantitative estimate of drug-likeness (QED) is 0.562. The molecule has 0 spiro atoms. The van der Waals surface area contributed by atoms with E-state index >= 15 is 0 Å². The smallest absolute Gasteiger partial charge is 0.289 e. The van der Waals surface area contributed by atoms with E-state index in [1.807, 2.05) is 25.1 Å². The van der Waals surface area contributed by atoms with Crippen LogP contribution in [0, 0.1) is 12.8 Å². The third-order valence-corrected chi connectivity index (χ3v) is 7.42. The van der Waals surface area contributed by atoms with Crippen LogP contribution >= 0.6 is 11.6 Å². The molecule has 1 aromatic heterocycles. The first-order valence-corrected chi connectivity index (χ1v) is 12.4. The number of aryl methyl sites for hydroxylation is 1. The lowest BCUT2D eigenvalue weighted by Crippen LogP contribution is -2.43. The second kappa shape index (κ2) is 9.48. The molecule has 2 aromatic carbocycles. The van der Waals surface area contributed by atoms with Crippen molar-refractivity contribution in [3.8, 4) is 11.3 Å². The van der Waals surface area contributed by atoms with E-state index in [4.69, 9.17) is 16.0 Å². The van der Waals surface area contributed by atoms with Crippen LogP contribution in [0.3, 0.4) is 0 Å². The molecule has 1 amide bonds. The van der Waals surface area contributed by atoms with Gasteiger partial charge in [-0.2, -0.15) is 0 Å². The molecule has 1 atom stereocenters. The van der Waals surface area contributed by atoms with Crippen LogP contribution in [0.5, 0.6) is 0 Å². The number of benzene rings is 2. The van der Waals surface area contributed by atoms with Crippen LogP contribution in [-0.4, -0.2) is 38.9 Å². The van der Waals surface area contributed by atoms with Crippen LogP contribution in [0.2, 0.25) is 5.02 Å². The molecular formula is C24H25ClN2O4S. The molecule has 32 heavy (non-hydrogen) atoms. The zero-order valence-electron chi connectivity index (χ0n) is 17.8. The molecule has 168 valence electrons. The molecule has 4 rings (SSSR count). The summed E-state index contributed by atoms with van der Waals surface area (Å²) in [6.07, 6.45) is 1.66. The van der Waals surface area contributed by atoms with Crippen LogP contribution in [0.15, 0.2) is 70.0 Å². The van der Waals surface area contributed by atoms with Crippen molar-refractivity contribution in [3.63, 3.8) is 0 Å². The first-order valence-electron chi connectivity index (χ1n) is 10.5. The van der Waals surface area contributed by atoms with Gasteiger partial charge in [0.15, 0.2) is 5.76 Å². The number of nitrogens with one attached hydrogen (secondary N) is 1. The monoisotopic (exact) mass is 472 g/mol. The molecule has 0 bridgehead atoms. The highest BCUT2D eigenvalue weighted by Gasteiger charge is 2.27. The van der Waals surface area contributed by atoms with Crippen LogP contribution in [0.25, 0.3) is 11.3 Å².